The third kappa shape index (κ3) is 3.26. The van der Waals surface area contributed by atoms with Gasteiger partial charge in [0.1, 0.15) is 6.04 Å². The number of fused-ring (bicyclic) bond motifs is 1. The second-order valence-corrected chi connectivity index (χ2v) is 6.46. The summed E-state index contributed by atoms with van der Waals surface area (Å²) in [6.07, 6.45) is 2.32. The molecule has 2 aliphatic heterocycles. The molecule has 0 saturated carbocycles. The Labute approximate surface area is 141 Å². The topological polar surface area (TPSA) is 90.4 Å². The van der Waals surface area contributed by atoms with E-state index in [0.717, 1.165) is 18.4 Å². The number of rotatable bonds is 3. The van der Waals surface area contributed by atoms with E-state index in [1.165, 1.54) is 10.5 Å². The molecule has 24 heavy (non-hydrogen) atoms. The Kier molecular flexibility index (Phi) is 4.81. The van der Waals surface area contributed by atoms with Crippen molar-refractivity contribution in [2.75, 3.05) is 13.1 Å². The molecule has 6 heteroatoms. The van der Waals surface area contributed by atoms with Gasteiger partial charge in [-0.2, -0.15) is 5.26 Å². The lowest BCUT2D eigenvalue weighted by Crippen LogP contribution is -2.48. The van der Waals surface area contributed by atoms with Gasteiger partial charge in [-0.15, -0.1) is 0 Å². The van der Waals surface area contributed by atoms with Crippen LogP contribution in [0.5, 0.6) is 0 Å². The van der Waals surface area contributed by atoms with Gasteiger partial charge in [-0.1, -0.05) is 24.3 Å². The number of amides is 2. The van der Waals surface area contributed by atoms with E-state index in [1.54, 1.807) is 4.90 Å². The van der Waals surface area contributed by atoms with Crippen LogP contribution in [-0.4, -0.2) is 46.8 Å². The minimum absolute atomic E-state index is 0.00432. The fourth-order valence-corrected chi connectivity index (χ4v) is 3.49. The molecule has 126 valence electrons. The van der Waals surface area contributed by atoms with Crippen LogP contribution in [0.3, 0.4) is 0 Å². The summed E-state index contributed by atoms with van der Waals surface area (Å²) in [5.41, 5.74) is 8.40. The summed E-state index contributed by atoms with van der Waals surface area (Å²) in [5, 5.41) is 9.09. The molecule has 2 aliphatic rings. The van der Waals surface area contributed by atoms with Crippen molar-refractivity contribution in [3.63, 3.8) is 0 Å². The predicted molar refractivity (Wildman–Crippen MR) is 88.5 cm³/mol. The molecular formula is C18H22N4O2. The average Bonchev–Trinajstić information content (AvgIpc) is 3.09. The maximum absolute atomic E-state index is 12.5. The van der Waals surface area contributed by atoms with Crippen LogP contribution in [0.2, 0.25) is 0 Å². The molecule has 1 saturated heterocycles. The van der Waals surface area contributed by atoms with Gasteiger partial charge in [0.25, 0.3) is 0 Å². The van der Waals surface area contributed by atoms with E-state index in [0.29, 0.717) is 26.1 Å². The second kappa shape index (κ2) is 7.02. The molecule has 2 N–H and O–H groups in total. The summed E-state index contributed by atoms with van der Waals surface area (Å²) in [5.74, 6) is -0.386. The zero-order chi connectivity index (χ0) is 17.1. The molecule has 1 fully saturated rings. The highest BCUT2D eigenvalue weighted by Crippen LogP contribution is 2.21. The molecule has 0 aliphatic carbocycles. The van der Waals surface area contributed by atoms with E-state index in [2.05, 4.69) is 12.1 Å². The smallest absolute Gasteiger partial charge is 0.241 e. The molecule has 0 bridgehead atoms. The summed E-state index contributed by atoms with van der Waals surface area (Å²) in [6.45, 7) is 1.78. The largest absolute Gasteiger partial charge is 0.338 e. The van der Waals surface area contributed by atoms with Crippen molar-refractivity contribution < 1.29 is 9.59 Å². The van der Waals surface area contributed by atoms with Crippen LogP contribution in [0.25, 0.3) is 0 Å². The fourth-order valence-electron chi connectivity index (χ4n) is 3.49. The first-order valence-electron chi connectivity index (χ1n) is 8.40. The molecule has 3 rings (SSSR count). The van der Waals surface area contributed by atoms with Crippen molar-refractivity contribution in [2.24, 2.45) is 5.73 Å². The lowest BCUT2D eigenvalue weighted by Gasteiger charge is -2.30. The van der Waals surface area contributed by atoms with E-state index < -0.39 is 12.1 Å². The van der Waals surface area contributed by atoms with Gasteiger partial charge in [0, 0.05) is 19.6 Å². The number of nitrogens with zero attached hydrogens (tertiary/aromatic N) is 3. The van der Waals surface area contributed by atoms with Crippen LogP contribution in [0.15, 0.2) is 24.3 Å². The molecule has 2 amide bonds. The van der Waals surface area contributed by atoms with E-state index in [4.69, 9.17) is 11.0 Å². The Hall–Kier alpha value is -2.39. The molecule has 1 aromatic rings. The van der Waals surface area contributed by atoms with Gasteiger partial charge in [-0.25, -0.2) is 0 Å². The first-order valence-corrected chi connectivity index (χ1v) is 8.40. The van der Waals surface area contributed by atoms with Gasteiger partial charge in [0.2, 0.25) is 11.8 Å². The molecule has 2 heterocycles. The van der Waals surface area contributed by atoms with Gasteiger partial charge in [0.15, 0.2) is 0 Å². The monoisotopic (exact) mass is 326 g/mol. The van der Waals surface area contributed by atoms with Crippen molar-refractivity contribution >= 4 is 11.8 Å². The number of benzene rings is 1. The number of carbonyl (C=O) groups is 2. The van der Waals surface area contributed by atoms with Crippen molar-refractivity contribution in [2.45, 2.75) is 44.3 Å². The van der Waals surface area contributed by atoms with E-state index >= 15 is 0 Å². The quantitative estimate of drug-likeness (QED) is 0.889. The third-order valence-electron chi connectivity index (χ3n) is 4.88. The predicted octanol–water partition coefficient (Wildman–Crippen LogP) is 0.803. The first-order chi connectivity index (χ1) is 11.6. The van der Waals surface area contributed by atoms with Gasteiger partial charge in [-0.3, -0.25) is 9.59 Å². The van der Waals surface area contributed by atoms with Gasteiger partial charge in [-0.05, 0) is 30.4 Å². The van der Waals surface area contributed by atoms with Gasteiger partial charge < -0.3 is 15.5 Å². The highest BCUT2D eigenvalue weighted by atomic mass is 16.2. The number of likely N-dealkylation sites (tertiary alicyclic amines) is 1. The minimum Gasteiger partial charge on any atom is -0.338 e. The number of hydrogen-bond donors (Lipinski definition) is 1. The molecule has 0 unspecified atom stereocenters. The number of carbonyl (C=O) groups excluding carboxylic acids is 2. The zero-order valence-corrected chi connectivity index (χ0v) is 13.6. The van der Waals surface area contributed by atoms with Gasteiger partial charge in [0.05, 0.1) is 18.5 Å². The van der Waals surface area contributed by atoms with Crippen LogP contribution < -0.4 is 5.73 Å². The normalized spacial score (nSPS) is 21.1. The maximum Gasteiger partial charge on any atom is 0.241 e. The molecular weight excluding hydrogens is 304 g/mol. The molecule has 6 nitrogen and oxygen atoms in total. The average molecular weight is 326 g/mol. The molecule has 0 radical (unpaired) electrons. The van der Waals surface area contributed by atoms with Crippen LogP contribution >= 0.6 is 0 Å². The summed E-state index contributed by atoms with van der Waals surface area (Å²) in [7, 11) is 0. The van der Waals surface area contributed by atoms with Crippen molar-refractivity contribution in [3.05, 3.63) is 35.4 Å². The zero-order valence-electron chi connectivity index (χ0n) is 13.6. The molecule has 0 spiro atoms. The standard InChI is InChI=1S/C18H22N4O2/c19-11-15-6-3-8-22(15)18(24)16(20)10-17(23)21-9-7-13-4-1-2-5-14(13)12-21/h1-2,4-5,15-16H,3,6-10,12,20H2/t15-,16-/m0/s1. The first kappa shape index (κ1) is 16.5. The van der Waals surface area contributed by atoms with Crippen LogP contribution in [-0.2, 0) is 22.6 Å². The Bertz CT molecular complexity index is 682. The number of hydrogen-bond acceptors (Lipinski definition) is 4. The van der Waals surface area contributed by atoms with E-state index in [9.17, 15) is 9.59 Å². The Morgan fingerprint density at radius 3 is 2.79 bits per heavy atom. The Morgan fingerprint density at radius 1 is 1.29 bits per heavy atom. The van der Waals surface area contributed by atoms with Crippen molar-refractivity contribution in [1.29, 1.82) is 5.26 Å². The summed E-state index contributed by atoms with van der Waals surface area (Å²) < 4.78 is 0. The van der Waals surface area contributed by atoms with E-state index in [-0.39, 0.29) is 18.2 Å². The lowest BCUT2D eigenvalue weighted by atomic mass is 9.99. The highest BCUT2D eigenvalue weighted by Gasteiger charge is 2.33. The Morgan fingerprint density at radius 2 is 2.04 bits per heavy atom. The number of nitriles is 1. The molecule has 1 aromatic carbocycles. The van der Waals surface area contributed by atoms with Crippen LogP contribution in [0, 0.1) is 11.3 Å². The minimum atomic E-state index is -0.872. The highest BCUT2D eigenvalue weighted by molar-refractivity contribution is 5.88. The van der Waals surface area contributed by atoms with E-state index in [1.807, 2.05) is 18.2 Å². The fraction of sp³-hybridized carbons (Fsp3) is 0.500. The SMILES string of the molecule is N#C[C@@H]1CCCN1C(=O)[C@@H](N)CC(=O)N1CCc2ccccc2C1. The maximum atomic E-state index is 12.5. The molecule has 0 aromatic heterocycles. The van der Waals surface area contributed by atoms with Crippen molar-refractivity contribution in [1.82, 2.24) is 9.80 Å². The Balaban J connectivity index is 1.59. The van der Waals surface area contributed by atoms with Crippen molar-refractivity contribution in [3.8, 4) is 6.07 Å². The summed E-state index contributed by atoms with van der Waals surface area (Å²) in [6, 6.07) is 8.95. The van der Waals surface area contributed by atoms with Gasteiger partial charge >= 0.3 is 0 Å². The summed E-state index contributed by atoms with van der Waals surface area (Å²) in [4.78, 5) is 28.2. The van der Waals surface area contributed by atoms with Crippen LogP contribution in [0.4, 0.5) is 0 Å². The number of nitrogens with two attached hydrogens (primary N) is 1. The molecule has 2 atom stereocenters. The summed E-state index contributed by atoms with van der Waals surface area (Å²) >= 11 is 0. The van der Waals surface area contributed by atoms with Crippen LogP contribution in [0.1, 0.15) is 30.4 Å². The lowest BCUT2D eigenvalue weighted by molar-refractivity contribution is -0.138. The third-order valence-corrected chi connectivity index (χ3v) is 4.88. The second-order valence-electron chi connectivity index (χ2n) is 6.46.